The second-order valence-electron chi connectivity index (χ2n) is 6.15. The lowest BCUT2D eigenvalue weighted by molar-refractivity contribution is 0.551. The molecule has 1 N–H and O–H groups in total. The fourth-order valence-electron chi connectivity index (χ4n) is 2.41. The Bertz CT molecular complexity index is 581. The van der Waals surface area contributed by atoms with Crippen LogP contribution in [0, 0.1) is 11.7 Å². The monoisotopic (exact) mass is 300 g/mol. The zero-order valence-electron chi connectivity index (χ0n) is 13.6. The average molecular weight is 300 g/mol. The van der Waals surface area contributed by atoms with E-state index in [-0.39, 0.29) is 5.82 Å². The first-order valence-corrected chi connectivity index (χ1v) is 7.80. The summed E-state index contributed by atoms with van der Waals surface area (Å²) in [5, 5.41) is 3.40. The summed E-state index contributed by atoms with van der Waals surface area (Å²) < 4.78 is 14.1. The van der Waals surface area contributed by atoms with Crippen LogP contribution in [0.25, 0.3) is 0 Å². The molecule has 3 heteroatoms. The van der Waals surface area contributed by atoms with Gasteiger partial charge in [-0.25, -0.2) is 4.39 Å². The summed E-state index contributed by atoms with van der Waals surface area (Å²) in [4.78, 5) is 1.95. The van der Waals surface area contributed by atoms with Gasteiger partial charge in [0.2, 0.25) is 0 Å². The maximum Gasteiger partial charge on any atom is 0.146 e. The Morgan fingerprint density at radius 3 is 2.45 bits per heavy atom. The maximum atomic E-state index is 14.1. The summed E-state index contributed by atoms with van der Waals surface area (Å²) in [6, 6.07) is 15.5. The minimum Gasteiger partial charge on any atom is -0.368 e. The van der Waals surface area contributed by atoms with Gasteiger partial charge in [-0.05, 0) is 35.7 Å². The van der Waals surface area contributed by atoms with E-state index in [9.17, 15) is 4.39 Å². The Balaban J connectivity index is 2.05. The van der Waals surface area contributed by atoms with Crippen LogP contribution in [0.15, 0.2) is 48.5 Å². The van der Waals surface area contributed by atoms with Gasteiger partial charge in [0.1, 0.15) is 5.82 Å². The number of anilines is 1. The number of nitrogens with one attached hydrogen (secondary N) is 1. The molecule has 2 nitrogen and oxygen atoms in total. The van der Waals surface area contributed by atoms with Crippen molar-refractivity contribution in [3.8, 4) is 0 Å². The van der Waals surface area contributed by atoms with Gasteiger partial charge in [-0.2, -0.15) is 0 Å². The van der Waals surface area contributed by atoms with Crippen LogP contribution in [0.1, 0.15) is 25.0 Å². The maximum absolute atomic E-state index is 14.1. The molecule has 0 amide bonds. The van der Waals surface area contributed by atoms with Gasteiger partial charge in [-0.3, -0.25) is 0 Å². The third-order valence-electron chi connectivity index (χ3n) is 3.57. The highest BCUT2D eigenvalue weighted by Crippen LogP contribution is 2.21. The molecule has 0 saturated carbocycles. The normalized spacial score (nSPS) is 11.0. The Morgan fingerprint density at radius 2 is 1.77 bits per heavy atom. The van der Waals surface area contributed by atoms with Crippen LogP contribution in [0.5, 0.6) is 0 Å². The van der Waals surface area contributed by atoms with Gasteiger partial charge in [-0.1, -0.05) is 50.2 Å². The first-order valence-electron chi connectivity index (χ1n) is 7.80. The van der Waals surface area contributed by atoms with Crippen LogP contribution >= 0.6 is 0 Å². The fourth-order valence-corrected chi connectivity index (χ4v) is 2.41. The van der Waals surface area contributed by atoms with Gasteiger partial charge in [0, 0.05) is 20.1 Å². The van der Waals surface area contributed by atoms with Crippen molar-refractivity contribution in [2.24, 2.45) is 5.92 Å². The molecule has 0 aliphatic heterocycles. The van der Waals surface area contributed by atoms with E-state index in [2.05, 4.69) is 31.3 Å². The average Bonchev–Trinajstić information content (AvgIpc) is 2.49. The molecule has 22 heavy (non-hydrogen) atoms. The van der Waals surface area contributed by atoms with Crippen LogP contribution < -0.4 is 10.2 Å². The molecular weight excluding hydrogens is 275 g/mol. The molecular formula is C19H25FN2. The van der Waals surface area contributed by atoms with Gasteiger partial charge in [0.25, 0.3) is 0 Å². The van der Waals surface area contributed by atoms with Crippen LogP contribution in [-0.4, -0.2) is 13.6 Å². The second kappa shape index (κ2) is 7.95. The van der Waals surface area contributed by atoms with Crippen molar-refractivity contribution in [1.82, 2.24) is 5.32 Å². The molecule has 0 saturated heterocycles. The molecule has 0 atom stereocenters. The van der Waals surface area contributed by atoms with E-state index in [4.69, 9.17) is 0 Å². The Labute approximate surface area is 133 Å². The van der Waals surface area contributed by atoms with Gasteiger partial charge >= 0.3 is 0 Å². The lowest BCUT2D eigenvalue weighted by Gasteiger charge is -2.21. The topological polar surface area (TPSA) is 15.3 Å². The molecule has 0 fully saturated rings. The minimum absolute atomic E-state index is 0.175. The Morgan fingerprint density at radius 1 is 1.05 bits per heavy atom. The van der Waals surface area contributed by atoms with E-state index in [1.54, 1.807) is 6.07 Å². The van der Waals surface area contributed by atoms with Crippen LogP contribution in [0.3, 0.4) is 0 Å². The van der Waals surface area contributed by atoms with Crippen LogP contribution in [-0.2, 0) is 13.1 Å². The summed E-state index contributed by atoms with van der Waals surface area (Å²) in [5.41, 5.74) is 2.93. The van der Waals surface area contributed by atoms with Crippen molar-refractivity contribution >= 4 is 5.69 Å². The summed E-state index contributed by atoms with van der Waals surface area (Å²) in [6.45, 7) is 6.78. The Kier molecular flexibility index (Phi) is 5.96. The summed E-state index contributed by atoms with van der Waals surface area (Å²) in [6.07, 6.45) is 0. The quantitative estimate of drug-likeness (QED) is 0.824. The zero-order chi connectivity index (χ0) is 15.9. The summed E-state index contributed by atoms with van der Waals surface area (Å²) in [7, 11) is 1.93. The molecule has 0 aromatic heterocycles. The standard InChI is InChI=1S/C19H25FN2/c1-15(2)12-21-13-17-9-10-18(20)19(11-17)22(3)14-16-7-5-4-6-8-16/h4-11,15,21H,12-14H2,1-3H3. The van der Waals surface area contributed by atoms with Crippen molar-refractivity contribution in [2.45, 2.75) is 26.9 Å². The molecule has 0 heterocycles. The lowest BCUT2D eigenvalue weighted by Crippen LogP contribution is -2.20. The van der Waals surface area contributed by atoms with Gasteiger partial charge in [0.05, 0.1) is 5.69 Å². The van der Waals surface area contributed by atoms with Gasteiger partial charge in [-0.15, -0.1) is 0 Å². The second-order valence-corrected chi connectivity index (χ2v) is 6.15. The molecule has 2 aromatic carbocycles. The number of hydrogen-bond donors (Lipinski definition) is 1. The first kappa shape index (κ1) is 16.5. The SMILES string of the molecule is CC(C)CNCc1ccc(F)c(N(C)Cc2ccccc2)c1. The van der Waals surface area contributed by atoms with E-state index in [0.29, 0.717) is 18.2 Å². The van der Waals surface area contributed by atoms with Gasteiger partial charge < -0.3 is 10.2 Å². The predicted molar refractivity (Wildman–Crippen MR) is 91.5 cm³/mol. The molecule has 2 aromatic rings. The van der Waals surface area contributed by atoms with Crippen LogP contribution in [0.4, 0.5) is 10.1 Å². The van der Waals surface area contributed by atoms with Crippen molar-refractivity contribution in [3.05, 3.63) is 65.5 Å². The highest BCUT2D eigenvalue weighted by Gasteiger charge is 2.09. The smallest absolute Gasteiger partial charge is 0.146 e. The minimum atomic E-state index is -0.175. The summed E-state index contributed by atoms with van der Waals surface area (Å²) >= 11 is 0. The van der Waals surface area contributed by atoms with E-state index in [0.717, 1.165) is 18.7 Å². The van der Waals surface area contributed by atoms with Gasteiger partial charge in [0.15, 0.2) is 0 Å². The number of benzene rings is 2. The van der Waals surface area contributed by atoms with E-state index < -0.39 is 0 Å². The third-order valence-corrected chi connectivity index (χ3v) is 3.57. The van der Waals surface area contributed by atoms with Crippen molar-refractivity contribution in [3.63, 3.8) is 0 Å². The molecule has 0 aliphatic rings. The molecule has 0 aliphatic carbocycles. The molecule has 0 unspecified atom stereocenters. The van der Waals surface area contributed by atoms with E-state index in [1.807, 2.05) is 42.3 Å². The van der Waals surface area contributed by atoms with Crippen molar-refractivity contribution < 1.29 is 4.39 Å². The number of hydrogen-bond acceptors (Lipinski definition) is 2. The highest BCUT2D eigenvalue weighted by atomic mass is 19.1. The zero-order valence-corrected chi connectivity index (χ0v) is 13.6. The molecule has 118 valence electrons. The molecule has 0 spiro atoms. The first-order chi connectivity index (χ1) is 10.6. The molecule has 2 rings (SSSR count). The number of rotatable bonds is 7. The third kappa shape index (κ3) is 4.85. The highest BCUT2D eigenvalue weighted by molar-refractivity contribution is 5.50. The largest absolute Gasteiger partial charge is 0.368 e. The summed E-state index contributed by atoms with van der Waals surface area (Å²) in [5.74, 6) is 0.437. The lowest BCUT2D eigenvalue weighted by atomic mass is 10.1. The van der Waals surface area contributed by atoms with E-state index in [1.165, 1.54) is 5.56 Å². The van der Waals surface area contributed by atoms with E-state index >= 15 is 0 Å². The Hall–Kier alpha value is -1.87. The van der Waals surface area contributed by atoms with Crippen LogP contribution in [0.2, 0.25) is 0 Å². The fraction of sp³-hybridized carbons (Fsp3) is 0.368. The molecule has 0 bridgehead atoms. The number of nitrogens with zero attached hydrogens (tertiary/aromatic N) is 1. The predicted octanol–water partition coefficient (Wildman–Crippen LogP) is 4.21. The molecule has 0 radical (unpaired) electrons. The number of halogens is 1. The van der Waals surface area contributed by atoms with Crippen molar-refractivity contribution in [1.29, 1.82) is 0 Å². The van der Waals surface area contributed by atoms with Crippen molar-refractivity contribution in [2.75, 3.05) is 18.5 Å².